The molecule has 19 heavy (non-hydrogen) atoms. The summed E-state index contributed by atoms with van der Waals surface area (Å²) in [6.07, 6.45) is 0. The maximum absolute atomic E-state index is 12.3. The fraction of sp³-hybridized carbons (Fsp3) is 0.0714. The highest BCUT2D eigenvalue weighted by atomic mass is 35.5. The molecule has 4 nitrogen and oxygen atoms in total. The Hall–Kier alpha value is -2.20. The third kappa shape index (κ3) is 2.80. The second-order valence-electron chi connectivity index (χ2n) is 4.12. The van der Waals surface area contributed by atoms with E-state index < -0.39 is 0 Å². The van der Waals surface area contributed by atoms with Crippen LogP contribution in [-0.2, 0) is 0 Å². The topological polar surface area (TPSA) is 66.6 Å². The molecule has 0 fully saturated rings. The van der Waals surface area contributed by atoms with E-state index in [2.05, 4.69) is 0 Å². The van der Waals surface area contributed by atoms with Crippen LogP contribution in [0.1, 0.15) is 10.4 Å². The van der Waals surface area contributed by atoms with Gasteiger partial charge in [-0.1, -0.05) is 17.7 Å². The molecule has 98 valence electrons. The molecule has 0 aromatic heterocycles. The van der Waals surface area contributed by atoms with Crippen molar-refractivity contribution in [2.45, 2.75) is 0 Å². The molecule has 2 rings (SSSR count). The number of rotatable bonds is 2. The predicted molar refractivity (Wildman–Crippen MR) is 76.7 cm³/mol. The quantitative estimate of drug-likeness (QED) is 0.829. The van der Waals surface area contributed by atoms with E-state index in [-0.39, 0.29) is 17.2 Å². The van der Waals surface area contributed by atoms with Crippen LogP contribution in [0, 0.1) is 0 Å². The highest BCUT2D eigenvalue weighted by Gasteiger charge is 2.17. The maximum atomic E-state index is 12.3. The molecule has 2 aromatic rings. The smallest absolute Gasteiger partial charge is 0.259 e. The Balaban J connectivity index is 2.36. The first-order valence-corrected chi connectivity index (χ1v) is 5.99. The summed E-state index contributed by atoms with van der Waals surface area (Å²) in [5, 5.41) is 9.72. The van der Waals surface area contributed by atoms with Crippen molar-refractivity contribution < 1.29 is 9.90 Å². The maximum Gasteiger partial charge on any atom is 0.259 e. The zero-order chi connectivity index (χ0) is 14.0. The molecule has 5 heteroatoms. The average molecular weight is 277 g/mol. The first-order chi connectivity index (χ1) is 8.99. The van der Waals surface area contributed by atoms with Crippen LogP contribution in [0.25, 0.3) is 0 Å². The lowest BCUT2D eigenvalue weighted by atomic mass is 10.1. The summed E-state index contributed by atoms with van der Waals surface area (Å²) in [6, 6.07) is 11.2. The summed E-state index contributed by atoms with van der Waals surface area (Å²) in [7, 11) is 1.62. The molecular weight excluding hydrogens is 264 g/mol. The van der Waals surface area contributed by atoms with Gasteiger partial charge in [-0.05, 0) is 36.4 Å². The molecule has 0 spiro atoms. The molecule has 3 N–H and O–H groups in total. The van der Waals surface area contributed by atoms with Gasteiger partial charge in [0.1, 0.15) is 5.75 Å². The number of halogens is 1. The zero-order valence-corrected chi connectivity index (χ0v) is 11.1. The molecule has 2 aromatic carbocycles. The molecule has 0 aliphatic carbocycles. The van der Waals surface area contributed by atoms with E-state index in [0.29, 0.717) is 16.4 Å². The summed E-state index contributed by atoms with van der Waals surface area (Å²) in [4.78, 5) is 13.7. The predicted octanol–water partition coefficient (Wildman–Crippen LogP) is 2.90. The van der Waals surface area contributed by atoms with E-state index in [1.54, 1.807) is 31.3 Å². The minimum atomic E-state index is -0.313. The van der Waals surface area contributed by atoms with Crippen LogP contribution in [0.2, 0.25) is 5.02 Å². The Morgan fingerprint density at radius 2 is 2.00 bits per heavy atom. The number of nitrogens with zero attached hydrogens (tertiary/aromatic N) is 1. The van der Waals surface area contributed by atoms with E-state index in [9.17, 15) is 9.90 Å². The van der Waals surface area contributed by atoms with Crippen LogP contribution in [-0.4, -0.2) is 18.1 Å². The van der Waals surface area contributed by atoms with E-state index >= 15 is 0 Å². The summed E-state index contributed by atoms with van der Waals surface area (Å²) < 4.78 is 0. The second kappa shape index (κ2) is 5.20. The van der Waals surface area contributed by atoms with E-state index in [1.807, 2.05) is 0 Å². The summed E-state index contributed by atoms with van der Waals surface area (Å²) in [5.41, 5.74) is 7.15. The van der Waals surface area contributed by atoms with Crippen LogP contribution < -0.4 is 10.6 Å². The number of phenolic OH excluding ortho intramolecular Hbond substituents is 1. The number of hydrogen-bond donors (Lipinski definition) is 2. The van der Waals surface area contributed by atoms with Crippen molar-refractivity contribution in [1.82, 2.24) is 0 Å². The lowest BCUT2D eigenvalue weighted by Gasteiger charge is -2.18. The SMILES string of the molecule is CN(C(=O)c1cc(O)ccc1Cl)c1cccc(N)c1. The summed E-state index contributed by atoms with van der Waals surface area (Å²) in [5.74, 6) is -0.319. The van der Waals surface area contributed by atoms with Crippen LogP contribution in [0.3, 0.4) is 0 Å². The average Bonchev–Trinajstić information content (AvgIpc) is 2.40. The first-order valence-electron chi connectivity index (χ1n) is 5.61. The molecule has 0 atom stereocenters. The number of amides is 1. The fourth-order valence-corrected chi connectivity index (χ4v) is 1.91. The highest BCUT2D eigenvalue weighted by molar-refractivity contribution is 6.34. The van der Waals surface area contributed by atoms with Gasteiger partial charge in [-0.3, -0.25) is 4.79 Å². The number of carbonyl (C=O) groups excluding carboxylic acids is 1. The lowest BCUT2D eigenvalue weighted by Crippen LogP contribution is -2.26. The van der Waals surface area contributed by atoms with E-state index in [4.69, 9.17) is 17.3 Å². The number of aromatic hydroxyl groups is 1. The Labute approximate surface area is 116 Å². The van der Waals surface area contributed by atoms with Gasteiger partial charge in [0, 0.05) is 18.4 Å². The molecule has 1 amide bonds. The molecule has 0 heterocycles. The highest BCUT2D eigenvalue weighted by Crippen LogP contribution is 2.25. The molecular formula is C14H13ClN2O2. The number of benzene rings is 2. The van der Waals surface area contributed by atoms with Crippen LogP contribution in [0.15, 0.2) is 42.5 Å². The van der Waals surface area contributed by atoms with Gasteiger partial charge in [-0.2, -0.15) is 0 Å². The number of phenols is 1. The minimum absolute atomic E-state index is 0.00581. The third-order valence-corrected chi connectivity index (χ3v) is 3.07. The number of anilines is 2. The zero-order valence-electron chi connectivity index (χ0n) is 10.3. The fourth-order valence-electron chi connectivity index (χ4n) is 1.71. The van der Waals surface area contributed by atoms with Crippen molar-refractivity contribution >= 4 is 28.9 Å². The van der Waals surface area contributed by atoms with Crippen molar-refractivity contribution in [2.24, 2.45) is 0 Å². The van der Waals surface area contributed by atoms with Crippen molar-refractivity contribution in [1.29, 1.82) is 0 Å². The van der Waals surface area contributed by atoms with Gasteiger partial charge in [0.25, 0.3) is 5.91 Å². The van der Waals surface area contributed by atoms with Crippen molar-refractivity contribution in [3.8, 4) is 5.75 Å². The summed E-state index contributed by atoms with van der Waals surface area (Å²) in [6.45, 7) is 0. The number of carbonyl (C=O) groups is 1. The van der Waals surface area contributed by atoms with E-state index in [0.717, 1.165) is 0 Å². The largest absolute Gasteiger partial charge is 0.508 e. The summed E-state index contributed by atoms with van der Waals surface area (Å²) >= 11 is 5.97. The Kier molecular flexibility index (Phi) is 3.62. The van der Waals surface area contributed by atoms with Gasteiger partial charge in [0.05, 0.1) is 10.6 Å². The number of nitrogens with two attached hydrogens (primary N) is 1. The normalized spacial score (nSPS) is 10.2. The Morgan fingerprint density at radius 1 is 1.26 bits per heavy atom. The molecule has 0 saturated carbocycles. The van der Waals surface area contributed by atoms with Crippen molar-refractivity contribution in [3.63, 3.8) is 0 Å². The van der Waals surface area contributed by atoms with Gasteiger partial charge in [0.2, 0.25) is 0 Å². The van der Waals surface area contributed by atoms with Gasteiger partial charge >= 0.3 is 0 Å². The van der Waals surface area contributed by atoms with Gasteiger partial charge in [-0.15, -0.1) is 0 Å². The van der Waals surface area contributed by atoms with E-state index in [1.165, 1.54) is 23.1 Å². The van der Waals surface area contributed by atoms with Gasteiger partial charge < -0.3 is 15.7 Å². The van der Waals surface area contributed by atoms with Crippen molar-refractivity contribution in [2.75, 3.05) is 17.7 Å². The Morgan fingerprint density at radius 3 is 2.68 bits per heavy atom. The van der Waals surface area contributed by atoms with Crippen LogP contribution in [0.5, 0.6) is 5.75 Å². The van der Waals surface area contributed by atoms with Gasteiger partial charge in [0.15, 0.2) is 0 Å². The number of nitrogen functional groups attached to an aromatic ring is 1. The minimum Gasteiger partial charge on any atom is -0.508 e. The standard InChI is InChI=1S/C14H13ClN2O2/c1-17(10-4-2-3-9(16)7-10)14(19)12-8-11(18)5-6-13(12)15/h2-8,18H,16H2,1H3. The Bertz CT molecular complexity index is 629. The van der Waals surface area contributed by atoms with Crippen LogP contribution in [0.4, 0.5) is 11.4 Å². The number of hydrogen-bond acceptors (Lipinski definition) is 3. The molecule has 0 aliphatic rings. The third-order valence-electron chi connectivity index (χ3n) is 2.74. The molecule has 0 aliphatic heterocycles. The second-order valence-corrected chi connectivity index (χ2v) is 4.53. The van der Waals surface area contributed by atoms with Gasteiger partial charge in [-0.25, -0.2) is 0 Å². The monoisotopic (exact) mass is 276 g/mol. The molecule has 0 radical (unpaired) electrons. The van der Waals surface area contributed by atoms with Crippen LogP contribution >= 0.6 is 11.6 Å². The molecule has 0 bridgehead atoms. The molecule has 0 saturated heterocycles. The lowest BCUT2D eigenvalue weighted by molar-refractivity contribution is 0.0993. The first kappa shape index (κ1) is 13.2. The molecule has 0 unspecified atom stereocenters. The van der Waals surface area contributed by atoms with Crippen molar-refractivity contribution in [3.05, 3.63) is 53.1 Å².